The molecule has 0 aromatic rings. The molecule has 0 spiro atoms. The Bertz CT molecular complexity index is 173. The second-order valence-corrected chi connectivity index (χ2v) is 3.10. The van der Waals surface area contributed by atoms with E-state index in [0.29, 0.717) is 0 Å². The lowest BCUT2D eigenvalue weighted by atomic mass is 10.3. The van der Waals surface area contributed by atoms with E-state index in [0.717, 1.165) is 18.0 Å². The van der Waals surface area contributed by atoms with Crippen molar-refractivity contribution >= 4 is 11.8 Å². The summed E-state index contributed by atoms with van der Waals surface area (Å²) >= 11 is 1.82. The molecule has 0 atom stereocenters. The van der Waals surface area contributed by atoms with Crippen molar-refractivity contribution in [1.29, 1.82) is 0 Å². The van der Waals surface area contributed by atoms with Gasteiger partial charge in [-0.3, -0.25) is 0 Å². The number of rotatable bonds is 2. The molecule has 1 aliphatic rings. The van der Waals surface area contributed by atoms with Gasteiger partial charge in [-0.1, -0.05) is 33.1 Å². The van der Waals surface area contributed by atoms with E-state index in [1.807, 2.05) is 37.8 Å². The fourth-order valence-corrected chi connectivity index (χ4v) is 1.71. The maximum atomic E-state index is 3.72. The van der Waals surface area contributed by atoms with Gasteiger partial charge in [0.15, 0.2) is 0 Å². The van der Waals surface area contributed by atoms with Crippen LogP contribution in [-0.4, -0.2) is 17.8 Å². The van der Waals surface area contributed by atoms with E-state index in [9.17, 15) is 0 Å². The third kappa shape index (κ3) is 4.80. The summed E-state index contributed by atoms with van der Waals surface area (Å²) < 4.78 is 0. The Kier molecular flexibility index (Phi) is 10.7. The highest BCUT2D eigenvalue weighted by atomic mass is 32.2. The van der Waals surface area contributed by atoms with E-state index in [1.165, 1.54) is 4.91 Å². The molecule has 0 aromatic heterocycles. The van der Waals surface area contributed by atoms with Crippen molar-refractivity contribution in [3.63, 3.8) is 0 Å². The monoisotopic (exact) mass is 203 g/mol. The van der Waals surface area contributed by atoms with Gasteiger partial charge in [-0.25, -0.2) is 0 Å². The van der Waals surface area contributed by atoms with Crippen molar-refractivity contribution in [2.45, 2.75) is 13.8 Å². The predicted molar refractivity (Wildman–Crippen MR) is 65.0 cm³/mol. The van der Waals surface area contributed by atoms with Gasteiger partial charge in [0.05, 0.1) is 0 Å². The number of thioether (sulfide) groups is 1. The second kappa shape index (κ2) is 9.42. The molecule has 13 heavy (non-hydrogen) atoms. The van der Waals surface area contributed by atoms with Crippen LogP contribution >= 0.6 is 11.8 Å². The zero-order chi connectivity index (χ0) is 9.40. The number of hydrogen-bond donors (Lipinski definition) is 1. The van der Waals surface area contributed by atoms with Gasteiger partial charge < -0.3 is 10.8 Å². The van der Waals surface area contributed by atoms with E-state index < -0.39 is 0 Å². The zero-order valence-corrected chi connectivity index (χ0v) is 9.21. The molecule has 3 N–H and O–H groups in total. The van der Waals surface area contributed by atoms with Crippen LogP contribution in [0.2, 0.25) is 0 Å². The fraction of sp³-hybridized carbons (Fsp3) is 0.400. The van der Waals surface area contributed by atoms with Crippen molar-refractivity contribution < 1.29 is 6.90 Å². The topological polar surface area (TPSA) is 43.5 Å². The van der Waals surface area contributed by atoms with Crippen molar-refractivity contribution in [1.82, 2.24) is 5.32 Å². The highest BCUT2D eigenvalue weighted by Crippen LogP contribution is 2.22. The first-order chi connectivity index (χ1) is 5.88. The molecule has 0 aromatic carbocycles. The summed E-state index contributed by atoms with van der Waals surface area (Å²) in [5, 5.41) is 3.24. The molecule has 0 amide bonds. The first kappa shape index (κ1) is 14.8. The second-order valence-electron chi connectivity index (χ2n) is 1.96. The molecule has 3 heteroatoms. The molecular weight excluding hydrogens is 182 g/mol. The molecule has 0 fully saturated rings. The van der Waals surface area contributed by atoms with Gasteiger partial charge in [0, 0.05) is 24.3 Å². The Balaban J connectivity index is -0.000000284. The van der Waals surface area contributed by atoms with Crippen molar-refractivity contribution in [3.8, 4) is 0 Å². The molecule has 0 bridgehead atoms. The molecule has 2 nitrogen and oxygen atoms in total. The van der Waals surface area contributed by atoms with E-state index in [-0.39, 0.29) is 6.90 Å². The zero-order valence-electron chi connectivity index (χ0n) is 8.39. The molecule has 0 saturated carbocycles. The summed E-state index contributed by atoms with van der Waals surface area (Å²) in [6.45, 7) is 12.4. The molecular formula is C10H21NOS. The predicted octanol–water partition coefficient (Wildman–Crippen LogP) is 2.35. The molecule has 1 aliphatic heterocycles. The van der Waals surface area contributed by atoms with E-state index in [4.69, 9.17) is 0 Å². The fourth-order valence-electron chi connectivity index (χ4n) is 0.853. The van der Waals surface area contributed by atoms with Gasteiger partial charge in [-0.2, -0.15) is 0 Å². The highest BCUT2D eigenvalue weighted by Gasteiger charge is 2.05. The first-order valence-corrected chi connectivity index (χ1v) is 5.23. The van der Waals surface area contributed by atoms with Crippen LogP contribution in [0.5, 0.6) is 0 Å². The van der Waals surface area contributed by atoms with Crippen LogP contribution in [0.3, 0.4) is 0 Å². The lowest BCUT2D eigenvalue weighted by Gasteiger charge is -2.16. The molecule has 1 rings (SSSR count). The van der Waals surface area contributed by atoms with Gasteiger partial charge in [0.1, 0.15) is 0 Å². The molecule has 0 saturated heterocycles. The summed E-state index contributed by atoms with van der Waals surface area (Å²) in [4.78, 5) is 1.21. The van der Waals surface area contributed by atoms with E-state index in [2.05, 4.69) is 18.5 Å². The van der Waals surface area contributed by atoms with Gasteiger partial charge in [-0.05, 0) is 6.08 Å². The van der Waals surface area contributed by atoms with Gasteiger partial charge >= 0.3 is 0 Å². The summed E-state index contributed by atoms with van der Waals surface area (Å²) in [5.74, 6) is 1.12. The van der Waals surface area contributed by atoms with E-state index in [1.54, 1.807) is 0 Å². The summed E-state index contributed by atoms with van der Waals surface area (Å²) in [6, 6.07) is 0. The van der Waals surface area contributed by atoms with Gasteiger partial charge in [-0.15, -0.1) is 11.8 Å². The van der Waals surface area contributed by atoms with Crippen LogP contribution in [0, 0.1) is 0 Å². The largest absolute Gasteiger partial charge is 0.412 e. The number of allylic oxidation sites excluding steroid dienone is 2. The Morgan fingerprint density at radius 3 is 2.38 bits per heavy atom. The molecule has 0 aliphatic carbocycles. The van der Waals surface area contributed by atoms with Gasteiger partial charge in [0.2, 0.25) is 0 Å². The maximum Gasteiger partial charge on any atom is 0.0472 e. The Labute approximate surface area is 86.6 Å². The van der Waals surface area contributed by atoms with Crippen molar-refractivity contribution in [2.75, 3.05) is 12.3 Å². The minimum Gasteiger partial charge on any atom is -0.412 e. The lowest BCUT2D eigenvalue weighted by molar-refractivity contribution is 0.824. The van der Waals surface area contributed by atoms with Crippen molar-refractivity contribution in [2.24, 2.45) is 0 Å². The number of nitrogens with one attached hydrogen (secondary N) is 1. The number of hydrogen-bond acceptors (Lipinski definition) is 2. The summed E-state index contributed by atoms with van der Waals surface area (Å²) in [7, 11) is 0. The van der Waals surface area contributed by atoms with Crippen LogP contribution in [0.1, 0.15) is 15.3 Å². The minimum atomic E-state index is 0. The Morgan fingerprint density at radius 2 is 2.00 bits per heavy atom. The lowest BCUT2D eigenvalue weighted by Crippen LogP contribution is -2.20. The van der Waals surface area contributed by atoms with Crippen LogP contribution in [0.25, 0.3) is 0 Å². The average Bonchev–Trinajstić information content (AvgIpc) is 2.20. The smallest absolute Gasteiger partial charge is 0.0472 e. The Hall–Kier alpha value is -0.670. The Morgan fingerprint density at radius 1 is 1.38 bits per heavy atom. The normalized spacial score (nSPS) is 14.3. The van der Waals surface area contributed by atoms with Crippen LogP contribution in [0.4, 0.5) is 0 Å². The van der Waals surface area contributed by atoms with Gasteiger partial charge in [0.25, 0.3) is 0 Å². The molecule has 78 valence electrons. The molecule has 0 radical (unpaired) electrons. The highest BCUT2D eigenvalue weighted by molar-refractivity contribution is 8.03. The quantitative estimate of drug-likeness (QED) is 0.748. The van der Waals surface area contributed by atoms with E-state index >= 15 is 0 Å². The summed E-state index contributed by atoms with van der Waals surface area (Å²) in [5.41, 5.74) is 1.12. The molecule has 1 heterocycles. The summed E-state index contributed by atoms with van der Waals surface area (Å²) in [6.07, 6.45) is 3.71. The standard InChI is InChI=1S/C8H11NS.C2H6.H2O.H2/c1-3-7-8(4-2)10-6-5-9-7;1-2;;/h3-4,9H,1-2,5-6H2;1-2H3;1H2;1H. The average molecular weight is 203 g/mol. The van der Waals surface area contributed by atoms with Crippen LogP contribution < -0.4 is 5.32 Å². The maximum absolute atomic E-state index is 3.72. The van der Waals surface area contributed by atoms with Crippen LogP contribution in [0.15, 0.2) is 35.9 Å². The third-order valence-electron chi connectivity index (χ3n) is 1.33. The van der Waals surface area contributed by atoms with Crippen molar-refractivity contribution in [3.05, 3.63) is 35.9 Å². The SMILES string of the molecule is C=CC1=C(C=C)SCCN1.CC.O.[HH]. The van der Waals surface area contributed by atoms with Crippen LogP contribution in [-0.2, 0) is 0 Å². The molecule has 0 unspecified atom stereocenters. The first-order valence-electron chi connectivity index (χ1n) is 4.24. The third-order valence-corrected chi connectivity index (χ3v) is 2.44. The minimum absolute atomic E-state index is 0.